The van der Waals surface area contributed by atoms with Gasteiger partial charge in [-0.1, -0.05) is 84.5 Å². The molecule has 184 valence electrons. The predicted molar refractivity (Wildman–Crippen MR) is 137 cm³/mol. The summed E-state index contributed by atoms with van der Waals surface area (Å²) in [6, 6.07) is 0. The van der Waals surface area contributed by atoms with Gasteiger partial charge in [-0.2, -0.15) is 0 Å². The van der Waals surface area contributed by atoms with Crippen LogP contribution in [0.2, 0.25) is 0 Å². The van der Waals surface area contributed by atoms with Crippen molar-refractivity contribution >= 4 is 5.78 Å². The Morgan fingerprint density at radius 1 is 0.594 bits per heavy atom. The van der Waals surface area contributed by atoms with Crippen LogP contribution in [0.25, 0.3) is 0 Å². The lowest BCUT2D eigenvalue weighted by Gasteiger charge is -2.59. The topological polar surface area (TPSA) is 17.1 Å². The molecule has 0 amide bonds. The number of unbranched alkanes of at least 4 members (excludes halogenated alkanes) is 5. The Kier molecular flexibility index (Phi) is 8.83. The molecule has 1 heteroatoms. The summed E-state index contributed by atoms with van der Waals surface area (Å²) >= 11 is 0. The molecule has 32 heavy (non-hydrogen) atoms. The highest BCUT2D eigenvalue weighted by atomic mass is 16.1. The zero-order valence-corrected chi connectivity index (χ0v) is 21.8. The highest BCUT2D eigenvalue weighted by Gasteiger charge is 2.63. The lowest BCUT2D eigenvalue weighted by molar-refractivity contribution is -0.169. The van der Waals surface area contributed by atoms with Crippen LogP contribution in [0.3, 0.4) is 0 Å². The zero-order valence-electron chi connectivity index (χ0n) is 21.8. The van der Waals surface area contributed by atoms with Crippen molar-refractivity contribution in [3.05, 3.63) is 0 Å². The largest absolute Gasteiger partial charge is 0.298 e. The van der Waals surface area contributed by atoms with Gasteiger partial charge in [0.1, 0.15) is 5.78 Å². The molecule has 0 atom stereocenters. The molecule has 0 heterocycles. The summed E-state index contributed by atoms with van der Waals surface area (Å²) in [5, 5.41) is 0. The summed E-state index contributed by atoms with van der Waals surface area (Å²) in [7, 11) is 0. The number of hydrogen-bond acceptors (Lipinski definition) is 1. The van der Waals surface area contributed by atoms with E-state index in [1.54, 1.807) is 0 Å². The van der Waals surface area contributed by atoms with Crippen LogP contribution in [-0.2, 0) is 4.79 Å². The Balaban J connectivity index is 1.16. The molecular weight excluding hydrogens is 388 g/mol. The summed E-state index contributed by atoms with van der Waals surface area (Å²) in [6.45, 7) is 4.62. The molecule has 1 nitrogen and oxygen atoms in total. The Morgan fingerprint density at radius 3 is 1.62 bits per heavy atom. The lowest BCUT2D eigenvalue weighted by atomic mass is 9.42. The molecule has 0 N–H and O–H groups in total. The van der Waals surface area contributed by atoms with Crippen LogP contribution in [0.5, 0.6) is 0 Å². The van der Waals surface area contributed by atoms with Gasteiger partial charge in [-0.05, 0) is 94.3 Å². The van der Waals surface area contributed by atoms with Gasteiger partial charge in [0, 0.05) is 10.8 Å². The fourth-order valence-corrected chi connectivity index (χ4v) is 8.75. The molecule has 0 aromatic heterocycles. The third kappa shape index (κ3) is 5.49. The van der Waals surface area contributed by atoms with E-state index in [4.69, 9.17) is 0 Å². The summed E-state index contributed by atoms with van der Waals surface area (Å²) in [5.41, 5.74) is 0.283. The smallest absolute Gasteiger partial charge is 0.145 e. The normalized spacial score (nSPS) is 40.0. The molecule has 4 aliphatic carbocycles. The van der Waals surface area contributed by atoms with Gasteiger partial charge in [0.05, 0.1) is 0 Å². The second-order valence-electron chi connectivity index (χ2n) is 13.0. The molecule has 4 saturated carbocycles. The maximum atomic E-state index is 13.6. The van der Waals surface area contributed by atoms with Crippen molar-refractivity contribution in [2.45, 2.75) is 155 Å². The second kappa shape index (κ2) is 11.4. The average Bonchev–Trinajstić information content (AvgIpc) is 2.84. The second-order valence-corrected chi connectivity index (χ2v) is 13.0. The first-order valence-electron chi connectivity index (χ1n) is 15.2. The molecule has 0 bridgehead atoms. The number of carbonyl (C=O) groups excluding carboxylic acids is 1. The van der Waals surface area contributed by atoms with E-state index >= 15 is 0 Å². The van der Waals surface area contributed by atoms with E-state index in [0.29, 0.717) is 0 Å². The van der Waals surface area contributed by atoms with Crippen molar-refractivity contribution in [2.75, 3.05) is 0 Å². The van der Waals surface area contributed by atoms with Crippen molar-refractivity contribution < 1.29 is 4.79 Å². The Labute approximate surface area is 200 Å². The molecular formula is C31H54O. The van der Waals surface area contributed by atoms with E-state index in [0.717, 1.165) is 29.5 Å². The standard InChI is InChI=1S/C31H54O/c1-3-5-7-9-11-26-16-20-30(21-17-26)24-31(29(30)32)22-18-28(19-23-31)27-14-12-25(13-15-27)10-8-6-4-2/h25-28H,3-24H2,1-2H3. The van der Waals surface area contributed by atoms with Gasteiger partial charge >= 0.3 is 0 Å². The van der Waals surface area contributed by atoms with E-state index in [1.165, 1.54) is 141 Å². The molecule has 0 unspecified atom stereocenters. The minimum absolute atomic E-state index is 0.141. The summed E-state index contributed by atoms with van der Waals surface area (Å²) in [6.07, 6.45) is 30.4. The first-order valence-corrected chi connectivity index (χ1v) is 15.2. The van der Waals surface area contributed by atoms with Gasteiger partial charge in [-0.25, -0.2) is 0 Å². The Morgan fingerprint density at radius 2 is 1.06 bits per heavy atom. The maximum Gasteiger partial charge on any atom is 0.145 e. The summed E-state index contributed by atoms with van der Waals surface area (Å²) in [5.74, 6) is 4.63. The van der Waals surface area contributed by atoms with E-state index in [1.807, 2.05) is 0 Å². The fraction of sp³-hybridized carbons (Fsp3) is 0.968. The van der Waals surface area contributed by atoms with Crippen LogP contribution in [0.4, 0.5) is 0 Å². The quantitative estimate of drug-likeness (QED) is 0.308. The van der Waals surface area contributed by atoms with Crippen molar-refractivity contribution in [1.82, 2.24) is 0 Å². The third-order valence-electron chi connectivity index (χ3n) is 10.9. The minimum atomic E-state index is 0.141. The number of Topliss-reactive ketones (excluding diaryl/α,β-unsaturated/α-hetero) is 1. The van der Waals surface area contributed by atoms with Crippen LogP contribution < -0.4 is 0 Å². The first-order chi connectivity index (χ1) is 15.6. The van der Waals surface area contributed by atoms with Gasteiger partial charge in [0.15, 0.2) is 0 Å². The van der Waals surface area contributed by atoms with E-state index < -0.39 is 0 Å². The number of rotatable bonds is 10. The zero-order chi connectivity index (χ0) is 22.4. The van der Waals surface area contributed by atoms with Crippen molar-refractivity contribution in [2.24, 2.45) is 34.5 Å². The molecule has 4 aliphatic rings. The maximum absolute atomic E-state index is 13.6. The number of carbonyl (C=O) groups is 1. The van der Waals surface area contributed by atoms with Crippen molar-refractivity contribution in [3.63, 3.8) is 0 Å². The van der Waals surface area contributed by atoms with Gasteiger partial charge in [-0.15, -0.1) is 0 Å². The molecule has 0 aromatic carbocycles. The van der Waals surface area contributed by atoms with E-state index in [9.17, 15) is 4.79 Å². The first kappa shape index (κ1) is 24.8. The van der Waals surface area contributed by atoms with Crippen molar-refractivity contribution in [1.29, 1.82) is 0 Å². The Bertz CT molecular complexity index is 567. The summed E-state index contributed by atoms with van der Waals surface area (Å²) in [4.78, 5) is 13.6. The highest BCUT2D eigenvalue weighted by molar-refractivity contribution is 5.96. The van der Waals surface area contributed by atoms with Gasteiger partial charge in [0.2, 0.25) is 0 Å². The lowest BCUT2D eigenvalue weighted by Crippen LogP contribution is -2.59. The molecule has 0 aliphatic heterocycles. The molecule has 4 rings (SSSR count). The van der Waals surface area contributed by atoms with Gasteiger partial charge in [-0.3, -0.25) is 4.79 Å². The van der Waals surface area contributed by atoms with Gasteiger partial charge in [0.25, 0.3) is 0 Å². The van der Waals surface area contributed by atoms with Crippen LogP contribution in [0.1, 0.15) is 155 Å². The van der Waals surface area contributed by atoms with Crippen LogP contribution in [0.15, 0.2) is 0 Å². The van der Waals surface area contributed by atoms with E-state index in [-0.39, 0.29) is 10.8 Å². The molecule has 2 spiro atoms. The average molecular weight is 443 g/mol. The van der Waals surface area contributed by atoms with E-state index in [2.05, 4.69) is 13.8 Å². The minimum Gasteiger partial charge on any atom is -0.298 e. The monoisotopic (exact) mass is 442 g/mol. The number of ketones is 1. The molecule has 4 fully saturated rings. The number of hydrogen-bond donors (Lipinski definition) is 0. The SMILES string of the molecule is CCCCCCC1CCC2(CC1)CC1(CCC(C3CCC(CCCCC)CC3)CC1)C2=O. The van der Waals surface area contributed by atoms with Crippen LogP contribution >= 0.6 is 0 Å². The predicted octanol–water partition coefficient (Wildman–Crippen LogP) is 9.67. The summed E-state index contributed by atoms with van der Waals surface area (Å²) < 4.78 is 0. The molecule has 0 saturated heterocycles. The Hall–Kier alpha value is -0.330. The molecule has 0 aromatic rings. The fourth-order valence-electron chi connectivity index (χ4n) is 8.75. The third-order valence-corrected chi connectivity index (χ3v) is 10.9. The molecule has 0 radical (unpaired) electrons. The van der Waals surface area contributed by atoms with Gasteiger partial charge < -0.3 is 0 Å². The van der Waals surface area contributed by atoms with Crippen LogP contribution in [0, 0.1) is 34.5 Å². The highest BCUT2D eigenvalue weighted by Crippen LogP contribution is 2.64. The van der Waals surface area contributed by atoms with Crippen molar-refractivity contribution in [3.8, 4) is 0 Å². The van der Waals surface area contributed by atoms with Crippen LogP contribution in [-0.4, -0.2) is 5.78 Å².